The van der Waals surface area contributed by atoms with Gasteiger partial charge >= 0.3 is 13.6 Å². The molecule has 0 aliphatic carbocycles. The molecule has 0 saturated carbocycles. The SMILES string of the molecule is CCCCCCCCCCCCCCCCCC(COP(=O)(O)CCCN(C)C)OC(C)=O. The van der Waals surface area contributed by atoms with E-state index in [1.165, 1.54) is 90.4 Å². The van der Waals surface area contributed by atoms with Gasteiger partial charge in [-0.2, -0.15) is 0 Å². The summed E-state index contributed by atoms with van der Waals surface area (Å²) in [5.41, 5.74) is 0. The van der Waals surface area contributed by atoms with E-state index in [0.717, 1.165) is 19.4 Å². The van der Waals surface area contributed by atoms with Crippen molar-refractivity contribution in [1.29, 1.82) is 0 Å². The van der Waals surface area contributed by atoms with Gasteiger partial charge < -0.3 is 19.1 Å². The number of hydrogen-bond donors (Lipinski definition) is 1. The van der Waals surface area contributed by atoms with Gasteiger partial charge in [0.1, 0.15) is 6.10 Å². The molecule has 0 bridgehead atoms. The average Bonchev–Trinajstić information content (AvgIpc) is 2.74. The topological polar surface area (TPSA) is 76.1 Å². The molecule has 0 heterocycles. The molecule has 0 amide bonds. The highest BCUT2D eigenvalue weighted by atomic mass is 31.2. The largest absolute Gasteiger partial charge is 0.460 e. The summed E-state index contributed by atoms with van der Waals surface area (Å²) < 4.78 is 22.7. The number of hydrogen-bond acceptors (Lipinski definition) is 5. The van der Waals surface area contributed by atoms with Crippen molar-refractivity contribution >= 4 is 13.6 Å². The summed E-state index contributed by atoms with van der Waals surface area (Å²) in [5, 5.41) is 0. The minimum absolute atomic E-state index is 0.00603. The van der Waals surface area contributed by atoms with Gasteiger partial charge in [0.25, 0.3) is 0 Å². The molecule has 7 heteroatoms. The van der Waals surface area contributed by atoms with Crippen LogP contribution in [-0.2, 0) is 18.6 Å². The maximum Gasteiger partial charge on any atom is 0.328 e. The Kier molecular flexibility index (Phi) is 21.8. The van der Waals surface area contributed by atoms with Crippen molar-refractivity contribution in [3.63, 3.8) is 0 Å². The van der Waals surface area contributed by atoms with Crippen molar-refractivity contribution in [3.8, 4) is 0 Å². The Morgan fingerprint density at radius 2 is 1.27 bits per heavy atom. The van der Waals surface area contributed by atoms with Crippen LogP contribution in [-0.4, -0.2) is 55.3 Å². The fourth-order valence-electron chi connectivity index (χ4n) is 4.01. The highest BCUT2D eigenvalue weighted by molar-refractivity contribution is 7.52. The van der Waals surface area contributed by atoms with Gasteiger partial charge in [0, 0.05) is 6.92 Å². The molecular formula is C26H54NO5P. The highest BCUT2D eigenvalue weighted by Crippen LogP contribution is 2.42. The van der Waals surface area contributed by atoms with Crippen LogP contribution in [0, 0.1) is 0 Å². The van der Waals surface area contributed by atoms with Gasteiger partial charge in [-0.3, -0.25) is 9.36 Å². The summed E-state index contributed by atoms with van der Waals surface area (Å²) in [6.07, 6.45) is 20.5. The van der Waals surface area contributed by atoms with Crippen LogP contribution in [0.5, 0.6) is 0 Å². The molecule has 0 spiro atoms. The van der Waals surface area contributed by atoms with Gasteiger partial charge in [-0.25, -0.2) is 0 Å². The van der Waals surface area contributed by atoms with Crippen LogP contribution in [0.25, 0.3) is 0 Å². The summed E-state index contributed by atoms with van der Waals surface area (Å²) in [7, 11) is 0.217. The van der Waals surface area contributed by atoms with Gasteiger partial charge in [0.2, 0.25) is 0 Å². The number of unbranched alkanes of at least 4 members (excludes halogenated alkanes) is 14. The summed E-state index contributed by atoms with van der Waals surface area (Å²) in [6, 6.07) is 0. The molecule has 0 rings (SSSR count). The zero-order valence-corrected chi connectivity index (χ0v) is 23.1. The Bertz CT molecular complexity index is 501. The summed E-state index contributed by atoms with van der Waals surface area (Å²) in [4.78, 5) is 23.3. The Morgan fingerprint density at radius 1 is 0.818 bits per heavy atom. The van der Waals surface area contributed by atoms with E-state index in [4.69, 9.17) is 9.26 Å². The minimum Gasteiger partial charge on any atom is -0.460 e. The van der Waals surface area contributed by atoms with Crippen LogP contribution < -0.4 is 0 Å². The second-order valence-corrected chi connectivity index (χ2v) is 11.8. The van der Waals surface area contributed by atoms with Crippen LogP contribution >= 0.6 is 7.60 Å². The highest BCUT2D eigenvalue weighted by Gasteiger charge is 2.22. The van der Waals surface area contributed by atoms with Gasteiger partial charge in [-0.05, 0) is 39.9 Å². The van der Waals surface area contributed by atoms with Crippen molar-refractivity contribution in [1.82, 2.24) is 4.90 Å². The third kappa shape index (κ3) is 24.5. The van der Waals surface area contributed by atoms with Crippen LogP contribution in [0.3, 0.4) is 0 Å². The summed E-state index contributed by atoms with van der Waals surface area (Å²) in [6.45, 7) is 4.37. The number of carbonyl (C=O) groups excluding carboxylic acids is 1. The molecule has 33 heavy (non-hydrogen) atoms. The monoisotopic (exact) mass is 491 g/mol. The molecule has 0 radical (unpaired) electrons. The Labute approximate surface area is 204 Å². The fourth-order valence-corrected chi connectivity index (χ4v) is 5.07. The van der Waals surface area contributed by atoms with Crippen molar-refractivity contribution in [2.24, 2.45) is 0 Å². The summed E-state index contributed by atoms with van der Waals surface area (Å²) in [5.74, 6) is -0.370. The van der Waals surface area contributed by atoms with E-state index in [9.17, 15) is 14.3 Å². The first kappa shape index (κ1) is 32.6. The standard InChI is InChI=1S/C26H54NO5P/c1-5-6-7-8-9-10-11-12-13-14-15-16-17-18-19-21-26(32-25(2)28)24-31-33(29,30)23-20-22-27(3)4/h26H,5-24H2,1-4H3,(H,29,30). The molecule has 0 aliphatic rings. The van der Waals surface area contributed by atoms with E-state index in [0.29, 0.717) is 12.8 Å². The lowest BCUT2D eigenvalue weighted by molar-refractivity contribution is -0.148. The fraction of sp³-hybridized carbons (Fsp3) is 0.962. The van der Waals surface area contributed by atoms with E-state index in [2.05, 4.69) is 6.92 Å². The molecule has 0 aliphatic heterocycles. The lowest BCUT2D eigenvalue weighted by Crippen LogP contribution is -2.22. The van der Waals surface area contributed by atoms with Gasteiger partial charge in [0.15, 0.2) is 0 Å². The first-order valence-electron chi connectivity index (χ1n) is 13.5. The smallest absolute Gasteiger partial charge is 0.328 e. The Morgan fingerprint density at radius 3 is 1.70 bits per heavy atom. The predicted octanol–water partition coefficient (Wildman–Crippen LogP) is 7.33. The van der Waals surface area contributed by atoms with Crippen molar-refractivity contribution in [2.75, 3.05) is 33.4 Å². The van der Waals surface area contributed by atoms with E-state index in [1.807, 2.05) is 19.0 Å². The number of esters is 1. The van der Waals surface area contributed by atoms with E-state index >= 15 is 0 Å². The molecule has 2 unspecified atom stereocenters. The molecule has 1 N–H and O–H groups in total. The second-order valence-electron chi connectivity index (χ2n) is 9.78. The number of carbonyl (C=O) groups is 1. The van der Waals surface area contributed by atoms with Crippen LogP contribution in [0.4, 0.5) is 0 Å². The van der Waals surface area contributed by atoms with Gasteiger partial charge in [0.05, 0.1) is 12.8 Å². The second kappa shape index (κ2) is 22.1. The lowest BCUT2D eigenvalue weighted by Gasteiger charge is -2.20. The third-order valence-electron chi connectivity index (χ3n) is 5.97. The van der Waals surface area contributed by atoms with Crippen molar-refractivity contribution in [2.45, 2.75) is 129 Å². The first-order valence-corrected chi connectivity index (χ1v) is 15.3. The maximum absolute atomic E-state index is 12.2. The van der Waals surface area contributed by atoms with E-state index in [-0.39, 0.29) is 18.7 Å². The molecule has 198 valence electrons. The Hall–Kier alpha value is -0.420. The molecule has 0 aromatic carbocycles. The normalized spacial score (nSPS) is 14.4. The molecular weight excluding hydrogens is 437 g/mol. The van der Waals surface area contributed by atoms with Gasteiger partial charge in [-0.1, -0.05) is 96.8 Å². The zero-order chi connectivity index (χ0) is 24.8. The van der Waals surface area contributed by atoms with Crippen LogP contribution in [0.2, 0.25) is 0 Å². The first-order chi connectivity index (χ1) is 15.8. The maximum atomic E-state index is 12.2. The zero-order valence-electron chi connectivity index (χ0n) is 22.2. The summed E-state index contributed by atoms with van der Waals surface area (Å²) >= 11 is 0. The van der Waals surface area contributed by atoms with Crippen molar-refractivity contribution < 1.29 is 23.5 Å². The van der Waals surface area contributed by atoms with E-state index < -0.39 is 13.7 Å². The van der Waals surface area contributed by atoms with Crippen LogP contribution in [0.15, 0.2) is 0 Å². The molecule has 0 saturated heterocycles. The van der Waals surface area contributed by atoms with Crippen LogP contribution in [0.1, 0.15) is 123 Å². The molecule has 2 atom stereocenters. The lowest BCUT2D eigenvalue weighted by atomic mass is 10.0. The predicted molar refractivity (Wildman–Crippen MR) is 139 cm³/mol. The number of nitrogens with zero attached hydrogens (tertiary/aromatic N) is 1. The Balaban J connectivity index is 3.75. The minimum atomic E-state index is -3.64. The molecule has 0 aromatic rings. The quantitative estimate of drug-likeness (QED) is 0.0865. The van der Waals surface area contributed by atoms with Gasteiger partial charge in [-0.15, -0.1) is 0 Å². The molecule has 6 nitrogen and oxygen atoms in total. The van der Waals surface area contributed by atoms with E-state index in [1.54, 1.807) is 0 Å². The average molecular weight is 492 g/mol. The number of rotatable bonds is 24. The van der Waals surface area contributed by atoms with Crippen molar-refractivity contribution in [3.05, 3.63) is 0 Å². The number of ether oxygens (including phenoxy) is 1. The molecule has 0 fully saturated rings. The third-order valence-corrected chi connectivity index (χ3v) is 7.40. The molecule has 0 aromatic heterocycles.